The zero-order valence-corrected chi connectivity index (χ0v) is 11.9. The molecule has 2 heterocycles. The first-order valence-corrected chi connectivity index (χ1v) is 7.05. The average Bonchev–Trinajstić information content (AvgIpc) is 3.07. The van der Waals surface area contributed by atoms with E-state index in [2.05, 4.69) is 20.6 Å². The molecule has 7 heteroatoms. The Morgan fingerprint density at radius 1 is 1.35 bits per heavy atom. The van der Waals surface area contributed by atoms with E-state index in [1.54, 1.807) is 18.6 Å². The predicted molar refractivity (Wildman–Crippen MR) is 76.7 cm³/mol. The molecule has 0 saturated carbocycles. The number of carbonyl (C=O) groups excluding carboxylic acids is 2. The van der Waals surface area contributed by atoms with Gasteiger partial charge in [0.1, 0.15) is 0 Å². The highest BCUT2D eigenvalue weighted by Crippen LogP contribution is 2.14. The summed E-state index contributed by atoms with van der Waals surface area (Å²) in [6.45, 7) is 2.43. The Balaban J connectivity index is 1.66. The fourth-order valence-electron chi connectivity index (χ4n) is 1.62. The van der Waals surface area contributed by atoms with E-state index in [0.717, 1.165) is 10.6 Å². The highest BCUT2D eigenvalue weighted by atomic mass is 32.1. The molecule has 0 spiro atoms. The molecule has 0 radical (unpaired) electrons. The van der Waals surface area contributed by atoms with Crippen LogP contribution in [0.15, 0.2) is 24.7 Å². The summed E-state index contributed by atoms with van der Waals surface area (Å²) in [5.41, 5.74) is 0.961. The summed E-state index contributed by atoms with van der Waals surface area (Å²) in [6.07, 6.45) is 4.00. The van der Waals surface area contributed by atoms with Crippen LogP contribution in [-0.4, -0.2) is 34.9 Å². The zero-order valence-electron chi connectivity index (χ0n) is 11.1. The third kappa shape index (κ3) is 4.20. The third-order valence-corrected chi connectivity index (χ3v) is 3.64. The molecule has 2 amide bonds. The van der Waals surface area contributed by atoms with Crippen molar-refractivity contribution in [2.45, 2.75) is 13.3 Å². The summed E-state index contributed by atoms with van der Waals surface area (Å²) >= 11 is 1.41. The number of rotatable bonds is 6. The van der Waals surface area contributed by atoms with Crippen molar-refractivity contribution in [1.82, 2.24) is 20.6 Å². The van der Waals surface area contributed by atoms with Crippen LogP contribution in [0.1, 0.15) is 20.2 Å². The molecule has 3 N–H and O–H groups in total. The second-order valence-electron chi connectivity index (χ2n) is 4.27. The lowest BCUT2D eigenvalue weighted by atomic mass is 10.3. The number of carbonyl (C=O) groups is 2. The maximum absolute atomic E-state index is 11.7. The van der Waals surface area contributed by atoms with Crippen molar-refractivity contribution in [1.29, 1.82) is 0 Å². The van der Waals surface area contributed by atoms with Gasteiger partial charge in [0.05, 0.1) is 17.7 Å². The lowest BCUT2D eigenvalue weighted by molar-refractivity contribution is -0.120. The van der Waals surface area contributed by atoms with Gasteiger partial charge < -0.3 is 15.6 Å². The number of aromatic nitrogens is 2. The third-order valence-electron chi connectivity index (χ3n) is 2.65. The molecule has 0 aliphatic heterocycles. The van der Waals surface area contributed by atoms with Gasteiger partial charge in [0.2, 0.25) is 5.91 Å². The number of hydrogen-bond acceptors (Lipinski definition) is 4. The van der Waals surface area contributed by atoms with E-state index in [-0.39, 0.29) is 18.4 Å². The molecule has 106 valence electrons. The molecular weight excluding hydrogens is 276 g/mol. The summed E-state index contributed by atoms with van der Waals surface area (Å²) in [6, 6.07) is 3.63. The van der Waals surface area contributed by atoms with Crippen molar-refractivity contribution in [3.63, 3.8) is 0 Å². The molecular formula is C13H16N4O2S. The first-order chi connectivity index (χ1) is 9.65. The van der Waals surface area contributed by atoms with Crippen molar-refractivity contribution in [3.8, 4) is 0 Å². The Kier molecular flexibility index (Phi) is 4.89. The lowest BCUT2D eigenvalue weighted by Gasteiger charge is -2.05. The van der Waals surface area contributed by atoms with Crippen LogP contribution >= 0.6 is 11.3 Å². The summed E-state index contributed by atoms with van der Waals surface area (Å²) in [5.74, 6) is -0.419. The molecule has 0 saturated heterocycles. The Labute approximate surface area is 120 Å². The minimum absolute atomic E-state index is 0.0151. The summed E-state index contributed by atoms with van der Waals surface area (Å²) in [7, 11) is 0. The van der Waals surface area contributed by atoms with Crippen LogP contribution in [-0.2, 0) is 11.2 Å². The molecule has 0 fully saturated rings. The smallest absolute Gasteiger partial charge is 0.261 e. The molecule has 0 atom stereocenters. The SMILES string of the molecule is Cc1ccc(C(=O)NCC(=O)NCCc2cnc[nH]2)s1. The molecule has 0 aliphatic rings. The van der Waals surface area contributed by atoms with E-state index >= 15 is 0 Å². The quantitative estimate of drug-likeness (QED) is 0.738. The van der Waals surface area contributed by atoms with Gasteiger partial charge in [0.25, 0.3) is 5.91 Å². The van der Waals surface area contributed by atoms with E-state index < -0.39 is 0 Å². The van der Waals surface area contributed by atoms with Crippen LogP contribution in [0.4, 0.5) is 0 Å². The zero-order chi connectivity index (χ0) is 14.4. The van der Waals surface area contributed by atoms with Crippen LogP contribution in [0.2, 0.25) is 0 Å². The van der Waals surface area contributed by atoms with Gasteiger partial charge in [-0.1, -0.05) is 0 Å². The Morgan fingerprint density at radius 2 is 2.20 bits per heavy atom. The molecule has 0 aliphatic carbocycles. The number of aromatic amines is 1. The van der Waals surface area contributed by atoms with Crippen LogP contribution in [0.3, 0.4) is 0 Å². The molecule has 2 aromatic heterocycles. The van der Waals surface area contributed by atoms with E-state index in [9.17, 15) is 9.59 Å². The summed E-state index contributed by atoms with van der Waals surface area (Å²) in [5, 5.41) is 5.33. The van der Waals surface area contributed by atoms with Crippen molar-refractivity contribution in [2.24, 2.45) is 0 Å². The maximum Gasteiger partial charge on any atom is 0.261 e. The van der Waals surface area contributed by atoms with Gasteiger partial charge in [0.15, 0.2) is 0 Å². The molecule has 2 aromatic rings. The second kappa shape index (κ2) is 6.85. The average molecular weight is 292 g/mol. The van der Waals surface area contributed by atoms with Crippen LogP contribution < -0.4 is 10.6 Å². The van der Waals surface area contributed by atoms with Gasteiger partial charge in [-0.25, -0.2) is 4.98 Å². The van der Waals surface area contributed by atoms with Crippen LogP contribution in [0.5, 0.6) is 0 Å². The topological polar surface area (TPSA) is 86.9 Å². The minimum atomic E-state index is -0.216. The molecule has 0 aromatic carbocycles. The van der Waals surface area contributed by atoms with Crippen molar-refractivity contribution in [2.75, 3.05) is 13.1 Å². The molecule has 20 heavy (non-hydrogen) atoms. The summed E-state index contributed by atoms with van der Waals surface area (Å²) < 4.78 is 0. The van der Waals surface area contributed by atoms with Gasteiger partial charge in [-0.2, -0.15) is 0 Å². The van der Waals surface area contributed by atoms with Crippen molar-refractivity contribution >= 4 is 23.2 Å². The number of H-pyrrole nitrogens is 1. The Bertz CT molecular complexity index is 577. The largest absolute Gasteiger partial charge is 0.354 e. The molecule has 0 bridgehead atoms. The number of nitrogens with zero attached hydrogens (tertiary/aromatic N) is 1. The van der Waals surface area contributed by atoms with E-state index in [0.29, 0.717) is 17.8 Å². The first kappa shape index (κ1) is 14.3. The lowest BCUT2D eigenvalue weighted by Crippen LogP contribution is -2.37. The number of nitrogens with one attached hydrogen (secondary N) is 3. The van der Waals surface area contributed by atoms with Gasteiger partial charge in [-0.05, 0) is 19.1 Å². The van der Waals surface area contributed by atoms with Crippen molar-refractivity contribution < 1.29 is 9.59 Å². The maximum atomic E-state index is 11.7. The number of amides is 2. The number of hydrogen-bond donors (Lipinski definition) is 3. The standard InChI is InChI=1S/C13H16N4O2S/c1-9-2-3-11(20-9)13(19)16-7-12(18)15-5-4-10-6-14-8-17-10/h2-3,6,8H,4-5,7H2,1H3,(H,14,17)(H,15,18)(H,16,19). The summed E-state index contributed by atoms with van der Waals surface area (Å²) in [4.78, 5) is 31.8. The number of thiophene rings is 1. The Hall–Kier alpha value is -2.15. The Morgan fingerprint density at radius 3 is 2.85 bits per heavy atom. The second-order valence-corrected chi connectivity index (χ2v) is 5.56. The van der Waals surface area contributed by atoms with Gasteiger partial charge >= 0.3 is 0 Å². The van der Waals surface area contributed by atoms with E-state index in [1.807, 2.05) is 13.0 Å². The monoisotopic (exact) mass is 292 g/mol. The molecule has 6 nitrogen and oxygen atoms in total. The van der Waals surface area contributed by atoms with Gasteiger partial charge in [0, 0.05) is 29.7 Å². The number of imidazole rings is 1. The van der Waals surface area contributed by atoms with Crippen LogP contribution in [0.25, 0.3) is 0 Å². The van der Waals surface area contributed by atoms with Crippen LogP contribution in [0, 0.1) is 6.92 Å². The minimum Gasteiger partial charge on any atom is -0.354 e. The highest BCUT2D eigenvalue weighted by Gasteiger charge is 2.09. The highest BCUT2D eigenvalue weighted by molar-refractivity contribution is 7.13. The fraction of sp³-hybridized carbons (Fsp3) is 0.308. The fourth-order valence-corrected chi connectivity index (χ4v) is 2.41. The van der Waals surface area contributed by atoms with Gasteiger partial charge in [-0.15, -0.1) is 11.3 Å². The van der Waals surface area contributed by atoms with Crippen molar-refractivity contribution in [3.05, 3.63) is 40.1 Å². The first-order valence-electron chi connectivity index (χ1n) is 6.24. The van der Waals surface area contributed by atoms with E-state index in [1.165, 1.54) is 11.3 Å². The molecule has 0 unspecified atom stereocenters. The normalized spacial score (nSPS) is 10.2. The molecule has 2 rings (SSSR count). The van der Waals surface area contributed by atoms with E-state index in [4.69, 9.17) is 0 Å². The predicted octanol–water partition coefficient (Wildman–Crippen LogP) is 0.868. The van der Waals surface area contributed by atoms with Gasteiger partial charge in [-0.3, -0.25) is 9.59 Å². The number of aryl methyl sites for hydroxylation is 1.